The van der Waals surface area contributed by atoms with Crippen molar-refractivity contribution in [3.8, 4) is 0 Å². The molecule has 0 atom stereocenters. The van der Waals surface area contributed by atoms with Gasteiger partial charge in [0.15, 0.2) is 0 Å². The van der Waals surface area contributed by atoms with Crippen molar-refractivity contribution < 1.29 is 4.42 Å². The van der Waals surface area contributed by atoms with Gasteiger partial charge in [-0.25, -0.2) is 4.79 Å². The molecule has 1 aromatic carbocycles. The van der Waals surface area contributed by atoms with E-state index in [2.05, 4.69) is 4.98 Å². The number of hydrogen-bond acceptors (Lipinski definition) is 4. The Labute approximate surface area is 92.5 Å². The summed E-state index contributed by atoms with van der Waals surface area (Å²) in [5.74, 6) is 0. The number of hydrogen-bond donors (Lipinski definition) is 2. The fourth-order valence-electron chi connectivity index (χ4n) is 1.74. The molecule has 0 unspecified atom stereocenters. The summed E-state index contributed by atoms with van der Waals surface area (Å²) in [5.41, 5.74) is -1.70. The highest BCUT2D eigenvalue weighted by molar-refractivity contribution is 5.87. The van der Waals surface area contributed by atoms with Gasteiger partial charge in [0.05, 0.1) is 5.39 Å². The zero-order valence-corrected chi connectivity index (χ0v) is 8.44. The number of para-hydroxylation sites is 1. The molecule has 6 nitrogen and oxygen atoms in total. The molecule has 0 fully saturated rings. The lowest BCUT2D eigenvalue weighted by atomic mass is 10.2. The Morgan fingerprint density at radius 3 is 2.59 bits per heavy atom. The smallest absolute Gasteiger partial charge is 0.328 e. The molecule has 0 aliphatic heterocycles. The van der Waals surface area contributed by atoms with Crippen LogP contribution in [0.5, 0.6) is 0 Å². The quantitative estimate of drug-likeness (QED) is 0.543. The molecule has 2 heterocycles. The molecule has 6 heteroatoms. The van der Waals surface area contributed by atoms with Crippen LogP contribution in [-0.4, -0.2) is 9.97 Å². The molecule has 84 valence electrons. The Hall–Kier alpha value is -2.63. The summed E-state index contributed by atoms with van der Waals surface area (Å²) in [6, 6.07) is 6.52. The lowest BCUT2D eigenvalue weighted by molar-refractivity contribution is 0.639. The van der Waals surface area contributed by atoms with Crippen molar-refractivity contribution >= 4 is 22.1 Å². The first-order valence-electron chi connectivity index (χ1n) is 4.85. The Kier molecular flexibility index (Phi) is 1.79. The van der Waals surface area contributed by atoms with Crippen LogP contribution in [0, 0.1) is 0 Å². The van der Waals surface area contributed by atoms with Gasteiger partial charge in [-0.1, -0.05) is 12.1 Å². The van der Waals surface area contributed by atoms with Crippen LogP contribution in [0.25, 0.3) is 22.1 Å². The van der Waals surface area contributed by atoms with Crippen molar-refractivity contribution in [3.63, 3.8) is 0 Å². The van der Waals surface area contributed by atoms with Crippen molar-refractivity contribution in [2.75, 3.05) is 0 Å². The first-order chi connectivity index (χ1) is 8.16. The van der Waals surface area contributed by atoms with Gasteiger partial charge >= 0.3 is 5.69 Å². The molecule has 3 rings (SSSR count). The molecule has 0 amide bonds. The third-order valence-electron chi connectivity index (χ3n) is 2.48. The number of nitrogens with one attached hydrogen (secondary N) is 2. The van der Waals surface area contributed by atoms with Gasteiger partial charge in [0, 0.05) is 0 Å². The van der Waals surface area contributed by atoms with E-state index in [1.807, 2.05) is 4.98 Å². The van der Waals surface area contributed by atoms with E-state index in [1.54, 1.807) is 24.3 Å². The second-order valence-electron chi connectivity index (χ2n) is 3.54. The number of benzene rings is 1. The largest absolute Gasteiger partial charge is 0.439 e. The molecular weight excluding hydrogens is 224 g/mol. The van der Waals surface area contributed by atoms with Gasteiger partial charge in [-0.05, 0) is 12.1 Å². The van der Waals surface area contributed by atoms with Crippen molar-refractivity contribution in [1.82, 2.24) is 9.97 Å². The fraction of sp³-hybridized carbons (Fsp3) is 0. The van der Waals surface area contributed by atoms with E-state index >= 15 is 0 Å². The summed E-state index contributed by atoms with van der Waals surface area (Å²) in [6.07, 6.45) is 0. The van der Waals surface area contributed by atoms with E-state index < -0.39 is 16.7 Å². The summed E-state index contributed by atoms with van der Waals surface area (Å²) in [7, 11) is 0. The topological polar surface area (TPSA) is 95.9 Å². The zero-order chi connectivity index (χ0) is 12.0. The summed E-state index contributed by atoms with van der Waals surface area (Å²) >= 11 is 0. The van der Waals surface area contributed by atoms with Crippen LogP contribution in [0.2, 0.25) is 0 Å². The zero-order valence-electron chi connectivity index (χ0n) is 8.44. The molecule has 2 aromatic heterocycles. The molecule has 0 radical (unpaired) electrons. The predicted octanol–water partition coefficient (Wildman–Crippen LogP) is 0.323. The maximum absolute atomic E-state index is 12.0. The van der Waals surface area contributed by atoms with Crippen molar-refractivity contribution in [3.05, 3.63) is 55.3 Å². The van der Waals surface area contributed by atoms with Crippen LogP contribution in [-0.2, 0) is 0 Å². The highest BCUT2D eigenvalue weighted by atomic mass is 16.3. The van der Waals surface area contributed by atoms with Crippen LogP contribution >= 0.6 is 0 Å². The minimum Gasteiger partial charge on any atom is -0.439 e. The van der Waals surface area contributed by atoms with E-state index in [1.165, 1.54) is 0 Å². The number of aromatic amines is 2. The highest BCUT2D eigenvalue weighted by Gasteiger charge is 2.11. The normalized spacial score (nSPS) is 11.1. The van der Waals surface area contributed by atoms with Gasteiger partial charge in [-0.15, -0.1) is 0 Å². The van der Waals surface area contributed by atoms with Gasteiger partial charge < -0.3 is 4.42 Å². The summed E-state index contributed by atoms with van der Waals surface area (Å²) in [4.78, 5) is 38.9. The lowest BCUT2D eigenvalue weighted by Crippen LogP contribution is -2.26. The van der Waals surface area contributed by atoms with Crippen molar-refractivity contribution in [2.24, 2.45) is 0 Å². The summed E-state index contributed by atoms with van der Waals surface area (Å²) < 4.78 is 5.31. The number of H-pyrrole nitrogens is 2. The SMILES string of the molecule is O=c1[nH]c(=O)c2c(=O)c3ccccc3oc2[nH]1. The summed E-state index contributed by atoms with van der Waals surface area (Å²) in [5, 5.41) is 0.126. The molecule has 0 saturated carbocycles. The minimum atomic E-state index is -0.747. The van der Waals surface area contributed by atoms with Gasteiger partial charge in [0.2, 0.25) is 11.1 Å². The molecule has 2 N–H and O–H groups in total. The van der Waals surface area contributed by atoms with E-state index in [0.29, 0.717) is 11.0 Å². The third kappa shape index (κ3) is 1.31. The third-order valence-corrected chi connectivity index (χ3v) is 2.48. The Morgan fingerprint density at radius 2 is 1.76 bits per heavy atom. The molecule has 0 saturated heterocycles. The second kappa shape index (κ2) is 3.18. The number of aromatic nitrogens is 2. The molecule has 17 heavy (non-hydrogen) atoms. The Morgan fingerprint density at radius 1 is 1.00 bits per heavy atom. The maximum atomic E-state index is 12.0. The minimum absolute atomic E-state index is 0.109. The van der Waals surface area contributed by atoms with Crippen LogP contribution in [0.15, 0.2) is 43.1 Å². The predicted molar refractivity (Wildman–Crippen MR) is 61.2 cm³/mol. The average molecular weight is 230 g/mol. The average Bonchev–Trinajstić information content (AvgIpc) is 2.28. The number of rotatable bonds is 0. The van der Waals surface area contributed by atoms with E-state index in [9.17, 15) is 14.4 Å². The molecule has 0 aliphatic carbocycles. The molecule has 0 bridgehead atoms. The first-order valence-corrected chi connectivity index (χ1v) is 4.85. The monoisotopic (exact) mass is 230 g/mol. The van der Waals surface area contributed by atoms with E-state index in [4.69, 9.17) is 4.42 Å². The van der Waals surface area contributed by atoms with Gasteiger partial charge in [-0.2, -0.15) is 0 Å². The Balaban J connectivity index is 2.75. The van der Waals surface area contributed by atoms with Crippen LogP contribution < -0.4 is 16.7 Å². The number of fused-ring (bicyclic) bond motifs is 2. The standard InChI is InChI=1S/C11H6N2O4/c14-8-5-3-1-2-4-6(5)17-10-7(8)9(15)12-11(16)13-10/h1-4H,(H2,12,13,15,16). The van der Waals surface area contributed by atoms with Crippen molar-refractivity contribution in [1.29, 1.82) is 0 Å². The summed E-state index contributed by atoms with van der Waals surface area (Å²) in [6.45, 7) is 0. The molecule has 0 spiro atoms. The molecule has 3 aromatic rings. The molecular formula is C11H6N2O4. The van der Waals surface area contributed by atoms with Crippen LogP contribution in [0.4, 0.5) is 0 Å². The van der Waals surface area contributed by atoms with Crippen molar-refractivity contribution in [2.45, 2.75) is 0 Å². The van der Waals surface area contributed by atoms with Crippen LogP contribution in [0.3, 0.4) is 0 Å². The highest BCUT2D eigenvalue weighted by Crippen LogP contribution is 2.12. The maximum Gasteiger partial charge on any atom is 0.328 e. The second-order valence-corrected chi connectivity index (χ2v) is 3.54. The van der Waals surface area contributed by atoms with E-state index in [-0.39, 0.29) is 11.1 Å². The van der Waals surface area contributed by atoms with Gasteiger partial charge in [0.25, 0.3) is 5.56 Å². The fourth-order valence-corrected chi connectivity index (χ4v) is 1.74. The molecule has 0 aliphatic rings. The van der Waals surface area contributed by atoms with Gasteiger partial charge in [0.1, 0.15) is 11.0 Å². The lowest BCUT2D eigenvalue weighted by Gasteiger charge is -1.98. The van der Waals surface area contributed by atoms with E-state index in [0.717, 1.165) is 0 Å². The van der Waals surface area contributed by atoms with Crippen LogP contribution in [0.1, 0.15) is 0 Å². The van der Waals surface area contributed by atoms with Gasteiger partial charge in [-0.3, -0.25) is 19.6 Å². The Bertz CT molecular complexity index is 901. The first kappa shape index (κ1) is 9.59.